The van der Waals surface area contributed by atoms with Gasteiger partial charge in [-0.3, -0.25) is 4.79 Å². The molecule has 1 amide bonds. The van der Waals surface area contributed by atoms with Crippen LogP contribution in [0.25, 0.3) is 0 Å². The minimum atomic E-state index is -0.187. The fourth-order valence-electron chi connectivity index (χ4n) is 0.934. The smallest absolute Gasteiger partial charge is 0.267 e. The molecule has 1 rings (SSSR count). The normalized spacial score (nSPS) is 11.7. The summed E-state index contributed by atoms with van der Waals surface area (Å²) in [6.07, 6.45) is 0. The summed E-state index contributed by atoms with van der Waals surface area (Å²) in [6, 6.07) is 7.15. The molecule has 0 bridgehead atoms. The molecule has 0 radical (unpaired) electrons. The molecular formula is C12H15BrN2O. The predicted octanol–water partition coefficient (Wildman–Crippen LogP) is 3.21. The molecule has 0 unspecified atom stereocenters. The third-order valence-corrected chi connectivity index (χ3v) is 2.80. The van der Waals surface area contributed by atoms with E-state index < -0.39 is 0 Å². The maximum Gasteiger partial charge on any atom is 0.271 e. The van der Waals surface area contributed by atoms with E-state index in [1.54, 1.807) is 12.1 Å². The number of hydrogen-bond donors (Lipinski definition) is 1. The van der Waals surface area contributed by atoms with Crippen LogP contribution in [0.4, 0.5) is 0 Å². The summed E-state index contributed by atoms with van der Waals surface area (Å²) < 4.78 is 0.950. The van der Waals surface area contributed by atoms with Crippen molar-refractivity contribution in [1.82, 2.24) is 5.43 Å². The standard InChI is InChI=1S/C12H15BrN2O/c1-8(2)9(3)14-15-12(16)10-4-6-11(13)7-5-10/h4-8H,1-3H3,(H,15,16). The van der Waals surface area contributed by atoms with E-state index in [0.717, 1.165) is 10.2 Å². The number of halogens is 1. The van der Waals surface area contributed by atoms with Gasteiger partial charge in [0, 0.05) is 15.7 Å². The highest BCUT2D eigenvalue weighted by molar-refractivity contribution is 9.10. The second kappa shape index (κ2) is 5.80. The molecule has 0 aromatic heterocycles. The van der Waals surface area contributed by atoms with Crippen LogP contribution in [-0.2, 0) is 0 Å². The van der Waals surface area contributed by atoms with Crippen LogP contribution >= 0.6 is 15.9 Å². The molecule has 1 aromatic rings. The second-order valence-electron chi connectivity index (χ2n) is 3.86. The largest absolute Gasteiger partial charge is 0.271 e. The van der Waals surface area contributed by atoms with Crippen molar-refractivity contribution in [3.63, 3.8) is 0 Å². The Balaban J connectivity index is 2.66. The number of nitrogens with zero attached hydrogens (tertiary/aromatic N) is 1. The highest BCUT2D eigenvalue weighted by Gasteiger charge is 2.04. The highest BCUT2D eigenvalue weighted by atomic mass is 79.9. The molecule has 0 aliphatic heterocycles. The third kappa shape index (κ3) is 3.77. The molecule has 1 aromatic carbocycles. The quantitative estimate of drug-likeness (QED) is 0.671. The van der Waals surface area contributed by atoms with Crippen LogP contribution in [0.5, 0.6) is 0 Å². The Morgan fingerprint density at radius 3 is 2.38 bits per heavy atom. The van der Waals surface area contributed by atoms with Crippen molar-refractivity contribution in [1.29, 1.82) is 0 Å². The van der Waals surface area contributed by atoms with Gasteiger partial charge in [0.15, 0.2) is 0 Å². The number of rotatable bonds is 3. The Hall–Kier alpha value is -1.16. The summed E-state index contributed by atoms with van der Waals surface area (Å²) in [4.78, 5) is 11.6. The van der Waals surface area contributed by atoms with Gasteiger partial charge in [-0.2, -0.15) is 5.10 Å². The third-order valence-electron chi connectivity index (χ3n) is 2.28. The van der Waals surface area contributed by atoms with Crippen LogP contribution < -0.4 is 5.43 Å². The predicted molar refractivity (Wildman–Crippen MR) is 69.6 cm³/mol. The van der Waals surface area contributed by atoms with Gasteiger partial charge in [0.2, 0.25) is 0 Å². The van der Waals surface area contributed by atoms with Gasteiger partial charge >= 0.3 is 0 Å². The van der Waals surface area contributed by atoms with Gasteiger partial charge in [-0.05, 0) is 37.1 Å². The molecular weight excluding hydrogens is 268 g/mol. The minimum Gasteiger partial charge on any atom is -0.267 e. The molecule has 0 fully saturated rings. The van der Waals surface area contributed by atoms with E-state index in [2.05, 4.69) is 26.5 Å². The summed E-state index contributed by atoms with van der Waals surface area (Å²) in [7, 11) is 0. The van der Waals surface area contributed by atoms with Crippen molar-refractivity contribution < 1.29 is 4.79 Å². The SMILES string of the molecule is CC(=NNC(=O)c1ccc(Br)cc1)C(C)C. The molecule has 3 nitrogen and oxygen atoms in total. The number of hydrogen-bond acceptors (Lipinski definition) is 2. The molecule has 0 saturated carbocycles. The van der Waals surface area contributed by atoms with E-state index in [1.807, 2.05) is 32.9 Å². The summed E-state index contributed by atoms with van der Waals surface area (Å²) in [6.45, 7) is 5.96. The van der Waals surface area contributed by atoms with E-state index in [1.165, 1.54) is 0 Å². The van der Waals surface area contributed by atoms with Crippen LogP contribution in [0, 0.1) is 5.92 Å². The summed E-state index contributed by atoms with van der Waals surface area (Å²) in [5.74, 6) is 0.151. The lowest BCUT2D eigenvalue weighted by Crippen LogP contribution is -2.20. The van der Waals surface area contributed by atoms with Crippen LogP contribution in [-0.4, -0.2) is 11.6 Å². The van der Waals surface area contributed by atoms with Crippen LogP contribution in [0.3, 0.4) is 0 Å². The molecule has 0 spiro atoms. The van der Waals surface area contributed by atoms with Gasteiger partial charge in [-0.1, -0.05) is 29.8 Å². The van der Waals surface area contributed by atoms with Crippen molar-refractivity contribution in [2.24, 2.45) is 11.0 Å². The lowest BCUT2D eigenvalue weighted by atomic mass is 10.1. The number of benzene rings is 1. The van der Waals surface area contributed by atoms with Gasteiger partial charge in [0.25, 0.3) is 5.91 Å². The summed E-state index contributed by atoms with van der Waals surface area (Å²) >= 11 is 3.32. The lowest BCUT2D eigenvalue weighted by Gasteiger charge is -2.04. The van der Waals surface area contributed by atoms with E-state index in [4.69, 9.17) is 0 Å². The van der Waals surface area contributed by atoms with Crippen LogP contribution in [0.15, 0.2) is 33.8 Å². The fourth-order valence-corrected chi connectivity index (χ4v) is 1.20. The Labute approximate surface area is 104 Å². The lowest BCUT2D eigenvalue weighted by molar-refractivity contribution is 0.0954. The molecule has 0 aliphatic rings. The number of hydrazone groups is 1. The fraction of sp³-hybridized carbons (Fsp3) is 0.333. The number of nitrogens with one attached hydrogen (secondary N) is 1. The van der Waals surface area contributed by atoms with Gasteiger partial charge in [-0.15, -0.1) is 0 Å². The van der Waals surface area contributed by atoms with Gasteiger partial charge < -0.3 is 0 Å². The molecule has 86 valence electrons. The van der Waals surface area contributed by atoms with E-state index in [0.29, 0.717) is 11.5 Å². The topological polar surface area (TPSA) is 41.5 Å². The van der Waals surface area contributed by atoms with Gasteiger partial charge in [0.05, 0.1) is 0 Å². The average molecular weight is 283 g/mol. The highest BCUT2D eigenvalue weighted by Crippen LogP contribution is 2.10. The molecule has 0 saturated heterocycles. The van der Waals surface area contributed by atoms with Crippen LogP contribution in [0.2, 0.25) is 0 Å². The van der Waals surface area contributed by atoms with Crippen molar-refractivity contribution >= 4 is 27.5 Å². The zero-order valence-corrected chi connectivity index (χ0v) is 11.2. The molecule has 0 aliphatic carbocycles. The van der Waals surface area contributed by atoms with Crippen LogP contribution in [0.1, 0.15) is 31.1 Å². The first kappa shape index (κ1) is 12.9. The van der Waals surface area contributed by atoms with Crippen molar-refractivity contribution in [3.05, 3.63) is 34.3 Å². The zero-order chi connectivity index (χ0) is 12.1. The maximum atomic E-state index is 11.6. The molecule has 1 N–H and O–H groups in total. The van der Waals surface area contributed by atoms with Gasteiger partial charge in [-0.25, -0.2) is 5.43 Å². The monoisotopic (exact) mass is 282 g/mol. The van der Waals surface area contributed by atoms with Crippen molar-refractivity contribution in [2.75, 3.05) is 0 Å². The Morgan fingerprint density at radius 1 is 1.31 bits per heavy atom. The maximum absolute atomic E-state index is 11.6. The Kier molecular flexibility index (Phi) is 4.68. The molecule has 4 heteroatoms. The number of carbonyl (C=O) groups excluding carboxylic acids is 1. The van der Waals surface area contributed by atoms with E-state index in [-0.39, 0.29) is 5.91 Å². The number of carbonyl (C=O) groups is 1. The first-order chi connectivity index (χ1) is 7.50. The van der Waals surface area contributed by atoms with E-state index in [9.17, 15) is 4.79 Å². The molecule has 0 heterocycles. The van der Waals surface area contributed by atoms with E-state index >= 15 is 0 Å². The first-order valence-corrected chi connectivity index (χ1v) is 5.90. The van der Waals surface area contributed by atoms with Crippen molar-refractivity contribution in [2.45, 2.75) is 20.8 Å². The minimum absolute atomic E-state index is 0.187. The molecule has 0 atom stereocenters. The second-order valence-corrected chi connectivity index (χ2v) is 4.77. The number of amides is 1. The Morgan fingerprint density at radius 2 is 1.88 bits per heavy atom. The summed E-state index contributed by atoms with van der Waals surface area (Å²) in [5, 5.41) is 4.03. The average Bonchev–Trinajstić information content (AvgIpc) is 2.26. The van der Waals surface area contributed by atoms with Gasteiger partial charge in [0.1, 0.15) is 0 Å². The summed E-state index contributed by atoms with van der Waals surface area (Å²) in [5.41, 5.74) is 4.04. The zero-order valence-electron chi connectivity index (χ0n) is 9.62. The van der Waals surface area contributed by atoms with Crippen molar-refractivity contribution in [3.8, 4) is 0 Å². The Bertz CT molecular complexity index is 396. The molecule has 16 heavy (non-hydrogen) atoms. The first-order valence-electron chi connectivity index (χ1n) is 5.11.